The van der Waals surface area contributed by atoms with Crippen LogP contribution in [0, 0.1) is 6.92 Å². The normalized spacial score (nSPS) is 11.8. The van der Waals surface area contributed by atoms with Gasteiger partial charge in [-0.05, 0) is 65.9 Å². The second kappa shape index (κ2) is 7.65. The SMILES string of the molecule is CSc1ccc(NC(=O)C(C)Oc2ccc(C)cc2Br)cn1. The van der Waals surface area contributed by atoms with E-state index in [1.807, 2.05) is 43.5 Å². The highest BCUT2D eigenvalue weighted by Gasteiger charge is 2.16. The van der Waals surface area contributed by atoms with E-state index in [1.165, 1.54) is 0 Å². The van der Waals surface area contributed by atoms with Crippen molar-refractivity contribution in [1.29, 1.82) is 0 Å². The zero-order chi connectivity index (χ0) is 16.1. The first-order valence-electron chi connectivity index (χ1n) is 6.73. The largest absolute Gasteiger partial charge is 0.480 e. The number of benzene rings is 1. The molecule has 22 heavy (non-hydrogen) atoms. The number of hydrogen-bond donors (Lipinski definition) is 1. The van der Waals surface area contributed by atoms with Crippen molar-refractivity contribution in [2.24, 2.45) is 0 Å². The molecule has 1 unspecified atom stereocenters. The zero-order valence-corrected chi connectivity index (χ0v) is 15.0. The number of anilines is 1. The minimum atomic E-state index is -0.612. The van der Waals surface area contributed by atoms with Crippen LogP contribution in [0.1, 0.15) is 12.5 Å². The number of carbonyl (C=O) groups excluding carboxylic acids is 1. The lowest BCUT2D eigenvalue weighted by atomic mass is 10.2. The highest BCUT2D eigenvalue weighted by atomic mass is 79.9. The average molecular weight is 381 g/mol. The van der Waals surface area contributed by atoms with E-state index in [4.69, 9.17) is 4.74 Å². The molecule has 0 saturated heterocycles. The predicted octanol–water partition coefficient (Wildman–Crippen LogP) is 4.28. The quantitative estimate of drug-likeness (QED) is 0.786. The molecule has 1 aromatic carbocycles. The molecule has 0 aliphatic carbocycles. The van der Waals surface area contributed by atoms with E-state index < -0.39 is 6.10 Å². The Labute approximate surface area is 142 Å². The summed E-state index contributed by atoms with van der Waals surface area (Å²) >= 11 is 4.99. The minimum Gasteiger partial charge on any atom is -0.480 e. The molecule has 4 nitrogen and oxygen atoms in total. The lowest BCUT2D eigenvalue weighted by molar-refractivity contribution is -0.122. The molecule has 1 heterocycles. The van der Waals surface area contributed by atoms with Gasteiger partial charge < -0.3 is 10.1 Å². The second-order valence-corrected chi connectivity index (χ2v) is 6.45. The molecule has 0 spiro atoms. The fourth-order valence-electron chi connectivity index (χ4n) is 1.76. The molecule has 1 amide bonds. The number of amides is 1. The molecule has 2 aromatic rings. The van der Waals surface area contributed by atoms with Crippen molar-refractivity contribution in [3.8, 4) is 5.75 Å². The summed E-state index contributed by atoms with van der Waals surface area (Å²) in [6.45, 7) is 3.71. The Hall–Kier alpha value is -1.53. The van der Waals surface area contributed by atoms with Crippen molar-refractivity contribution in [3.05, 3.63) is 46.6 Å². The summed E-state index contributed by atoms with van der Waals surface area (Å²) in [5.74, 6) is 0.426. The van der Waals surface area contributed by atoms with Gasteiger partial charge in [-0.1, -0.05) is 6.07 Å². The number of nitrogens with one attached hydrogen (secondary N) is 1. The van der Waals surface area contributed by atoms with Crippen LogP contribution >= 0.6 is 27.7 Å². The van der Waals surface area contributed by atoms with Gasteiger partial charge in [-0.2, -0.15) is 0 Å². The van der Waals surface area contributed by atoms with Crippen LogP contribution in [0.2, 0.25) is 0 Å². The molecule has 0 radical (unpaired) electrons. The first kappa shape index (κ1) is 16.8. The molecule has 1 atom stereocenters. The molecule has 0 bridgehead atoms. The Morgan fingerprint density at radius 2 is 2.14 bits per heavy atom. The Balaban J connectivity index is 1.99. The van der Waals surface area contributed by atoms with Gasteiger partial charge in [0.05, 0.1) is 21.4 Å². The third kappa shape index (κ3) is 4.48. The Morgan fingerprint density at radius 1 is 1.36 bits per heavy atom. The van der Waals surface area contributed by atoms with Gasteiger partial charge in [0.2, 0.25) is 0 Å². The summed E-state index contributed by atoms with van der Waals surface area (Å²) in [6, 6.07) is 9.42. The fourth-order valence-corrected chi connectivity index (χ4v) is 2.71. The highest BCUT2D eigenvalue weighted by Crippen LogP contribution is 2.26. The Kier molecular flexibility index (Phi) is 5.85. The van der Waals surface area contributed by atoms with Gasteiger partial charge in [-0.3, -0.25) is 4.79 Å². The first-order chi connectivity index (χ1) is 10.5. The van der Waals surface area contributed by atoms with Crippen LogP contribution in [-0.2, 0) is 4.79 Å². The monoisotopic (exact) mass is 380 g/mol. The highest BCUT2D eigenvalue weighted by molar-refractivity contribution is 9.10. The summed E-state index contributed by atoms with van der Waals surface area (Å²) in [5, 5.41) is 3.70. The molecule has 0 saturated carbocycles. The molecular formula is C16H17BrN2O2S. The molecule has 0 fully saturated rings. The summed E-state index contributed by atoms with van der Waals surface area (Å²) in [4.78, 5) is 16.4. The predicted molar refractivity (Wildman–Crippen MR) is 93.6 cm³/mol. The average Bonchev–Trinajstić information content (AvgIpc) is 2.50. The van der Waals surface area contributed by atoms with E-state index in [0.717, 1.165) is 15.1 Å². The molecule has 0 aliphatic heterocycles. The number of aryl methyl sites for hydroxylation is 1. The van der Waals surface area contributed by atoms with Crippen molar-refractivity contribution < 1.29 is 9.53 Å². The smallest absolute Gasteiger partial charge is 0.265 e. The third-order valence-corrected chi connectivity index (χ3v) is 4.25. The summed E-state index contributed by atoms with van der Waals surface area (Å²) in [5.41, 5.74) is 1.78. The van der Waals surface area contributed by atoms with Crippen molar-refractivity contribution in [3.63, 3.8) is 0 Å². The van der Waals surface area contributed by atoms with E-state index in [2.05, 4.69) is 26.2 Å². The number of hydrogen-bond acceptors (Lipinski definition) is 4. The van der Waals surface area contributed by atoms with E-state index in [1.54, 1.807) is 24.9 Å². The number of rotatable bonds is 5. The minimum absolute atomic E-state index is 0.217. The number of carbonyl (C=O) groups is 1. The van der Waals surface area contributed by atoms with Crippen LogP contribution in [0.4, 0.5) is 5.69 Å². The Morgan fingerprint density at radius 3 is 2.73 bits per heavy atom. The molecular weight excluding hydrogens is 364 g/mol. The number of thioether (sulfide) groups is 1. The fraction of sp³-hybridized carbons (Fsp3) is 0.250. The van der Waals surface area contributed by atoms with E-state index in [0.29, 0.717) is 11.4 Å². The van der Waals surface area contributed by atoms with Gasteiger partial charge in [0.1, 0.15) is 5.75 Å². The summed E-state index contributed by atoms with van der Waals surface area (Å²) in [6.07, 6.45) is 2.98. The first-order valence-corrected chi connectivity index (χ1v) is 8.75. The molecule has 0 aliphatic rings. The zero-order valence-electron chi connectivity index (χ0n) is 12.6. The number of pyridine rings is 1. The van der Waals surface area contributed by atoms with Crippen LogP contribution in [0.3, 0.4) is 0 Å². The number of aromatic nitrogens is 1. The van der Waals surface area contributed by atoms with Crippen LogP contribution < -0.4 is 10.1 Å². The van der Waals surface area contributed by atoms with Crippen molar-refractivity contribution >= 4 is 39.3 Å². The lowest BCUT2D eigenvalue weighted by Gasteiger charge is -2.16. The lowest BCUT2D eigenvalue weighted by Crippen LogP contribution is -2.30. The van der Waals surface area contributed by atoms with Crippen molar-refractivity contribution in [2.75, 3.05) is 11.6 Å². The molecule has 116 valence electrons. The standard InChI is InChI=1S/C16H17BrN2O2S/c1-10-4-6-14(13(17)8-10)21-11(2)16(20)19-12-5-7-15(22-3)18-9-12/h4-9,11H,1-3H3,(H,19,20). The maximum absolute atomic E-state index is 12.2. The maximum atomic E-state index is 12.2. The van der Waals surface area contributed by atoms with Gasteiger partial charge in [0.25, 0.3) is 5.91 Å². The molecule has 6 heteroatoms. The van der Waals surface area contributed by atoms with Gasteiger partial charge in [-0.25, -0.2) is 4.98 Å². The van der Waals surface area contributed by atoms with Crippen LogP contribution in [0.5, 0.6) is 5.75 Å². The number of halogens is 1. The number of ether oxygens (including phenoxy) is 1. The van der Waals surface area contributed by atoms with E-state index >= 15 is 0 Å². The summed E-state index contributed by atoms with van der Waals surface area (Å²) < 4.78 is 6.53. The molecule has 1 N–H and O–H groups in total. The van der Waals surface area contributed by atoms with Gasteiger partial charge >= 0.3 is 0 Å². The topological polar surface area (TPSA) is 51.2 Å². The van der Waals surface area contributed by atoms with Gasteiger partial charge in [0.15, 0.2) is 6.10 Å². The van der Waals surface area contributed by atoms with Crippen LogP contribution in [-0.4, -0.2) is 23.3 Å². The van der Waals surface area contributed by atoms with E-state index in [9.17, 15) is 4.79 Å². The van der Waals surface area contributed by atoms with Crippen LogP contribution in [0.25, 0.3) is 0 Å². The third-order valence-electron chi connectivity index (χ3n) is 2.97. The molecule has 2 rings (SSSR count). The maximum Gasteiger partial charge on any atom is 0.265 e. The van der Waals surface area contributed by atoms with Crippen molar-refractivity contribution in [1.82, 2.24) is 4.98 Å². The van der Waals surface area contributed by atoms with Gasteiger partial charge in [0, 0.05) is 0 Å². The Bertz CT molecular complexity index is 662. The van der Waals surface area contributed by atoms with Crippen LogP contribution in [0.15, 0.2) is 46.0 Å². The van der Waals surface area contributed by atoms with Gasteiger partial charge in [-0.15, -0.1) is 11.8 Å². The molecule has 1 aromatic heterocycles. The second-order valence-electron chi connectivity index (χ2n) is 4.77. The van der Waals surface area contributed by atoms with Crippen molar-refractivity contribution in [2.45, 2.75) is 25.0 Å². The van der Waals surface area contributed by atoms with E-state index in [-0.39, 0.29) is 5.91 Å². The summed E-state index contributed by atoms with van der Waals surface area (Å²) in [7, 11) is 0. The number of nitrogens with zero attached hydrogens (tertiary/aromatic N) is 1.